The smallest absolute Gasteiger partial charge is 0.163 e. The van der Waals surface area contributed by atoms with Gasteiger partial charge in [0.05, 0.1) is 11.9 Å². The second-order valence-electron chi connectivity index (χ2n) is 5.80. The zero-order valence-electron chi connectivity index (χ0n) is 12.2. The van der Waals surface area contributed by atoms with Gasteiger partial charge in [0.25, 0.3) is 0 Å². The third-order valence-electron chi connectivity index (χ3n) is 4.10. The van der Waals surface area contributed by atoms with Gasteiger partial charge in [0.2, 0.25) is 0 Å². The lowest BCUT2D eigenvalue weighted by atomic mass is 10.2. The Balaban J connectivity index is 1.69. The molecule has 4 rings (SSSR count). The molecule has 0 aromatic carbocycles. The second kappa shape index (κ2) is 4.58. The highest BCUT2D eigenvalue weighted by Gasteiger charge is 2.31. The first-order valence-corrected chi connectivity index (χ1v) is 7.23. The molecule has 21 heavy (non-hydrogen) atoms. The molecule has 2 aromatic rings. The zero-order valence-corrected chi connectivity index (χ0v) is 12.2. The minimum absolute atomic E-state index is 0.523. The van der Waals surface area contributed by atoms with E-state index in [9.17, 15) is 0 Å². The van der Waals surface area contributed by atoms with E-state index in [4.69, 9.17) is 0 Å². The summed E-state index contributed by atoms with van der Waals surface area (Å²) in [5.74, 6) is 2.60. The van der Waals surface area contributed by atoms with Crippen molar-refractivity contribution in [2.45, 2.75) is 12.5 Å². The van der Waals surface area contributed by atoms with Crippen LogP contribution in [0.2, 0.25) is 0 Å². The summed E-state index contributed by atoms with van der Waals surface area (Å²) >= 11 is 0. The number of hydrogen-bond donors (Lipinski definition) is 1. The molecule has 1 atom stereocenters. The van der Waals surface area contributed by atoms with E-state index >= 15 is 0 Å². The van der Waals surface area contributed by atoms with Crippen LogP contribution in [0.15, 0.2) is 24.5 Å². The first-order chi connectivity index (χ1) is 10.2. The molecule has 2 aliphatic heterocycles. The summed E-state index contributed by atoms with van der Waals surface area (Å²) in [4.78, 5) is 17.9. The van der Waals surface area contributed by atoms with Crippen molar-refractivity contribution in [2.75, 3.05) is 42.3 Å². The molecule has 4 heterocycles. The van der Waals surface area contributed by atoms with E-state index in [-0.39, 0.29) is 0 Å². The minimum atomic E-state index is 0.523. The molecule has 1 fully saturated rings. The van der Waals surface area contributed by atoms with Gasteiger partial charge in [-0.15, -0.1) is 0 Å². The SMILES string of the molecule is CN(C)c1ccc(-c2ncc3c(n2)N[C@H]2CCN3C2)cn1. The molecule has 2 bridgehead atoms. The highest BCUT2D eigenvalue weighted by Crippen LogP contribution is 2.34. The second-order valence-corrected chi connectivity index (χ2v) is 5.80. The Bertz CT molecular complexity index is 666. The van der Waals surface area contributed by atoms with Crippen LogP contribution in [-0.4, -0.2) is 48.2 Å². The number of nitrogens with zero attached hydrogens (tertiary/aromatic N) is 5. The fourth-order valence-corrected chi connectivity index (χ4v) is 2.93. The lowest BCUT2D eigenvalue weighted by molar-refractivity contribution is 0.786. The number of aromatic nitrogens is 3. The van der Waals surface area contributed by atoms with Crippen LogP contribution in [0, 0.1) is 0 Å². The van der Waals surface area contributed by atoms with Gasteiger partial charge in [0, 0.05) is 45.0 Å². The summed E-state index contributed by atoms with van der Waals surface area (Å²) < 4.78 is 0. The van der Waals surface area contributed by atoms with Crippen molar-refractivity contribution in [3.8, 4) is 11.4 Å². The Morgan fingerprint density at radius 3 is 2.90 bits per heavy atom. The van der Waals surface area contributed by atoms with Crippen LogP contribution < -0.4 is 15.1 Å². The minimum Gasteiger partial charge on any atom is -0.365 e. The quantitative estimate of drug-likeness (QED) is 0.903. The van der Waals surface area contributed by atoms with E-state index in [0.29, 0.717) is 6.04 Å². The molecule has 6 heteroatoms. The Morgan fingerprint density at radius 2 is 2.14 bits per heavy atom. The van der Waals surface area contributed by atoms with Crippen LogP contribution in [0.1, 0.15) is 6.42 Å². The Morgan fingerprint density at radius 1 is 1.24 bits per heavy atom. The van der Waals surface area contributed by atoms with Crippen LogP contribution in [0.5, 0.6) is 0 Å². The summed E-state index contributed by atoms with van der Waals surface area (Å²) in [5.41, 5.74) is 2.06. The molecule has 1 saturated heterocycles. The molecule has 0 radical (unpaired) electrons. The van der Waals surface area contributed by atoms with Gasteiger partial charge < -0.3 is 15.1 Å². The van der Waals surface area contributed by atoms with Crippen molar-refractivity contribution in [3.63, 3.8) is 0 Å². The Labute approximate surface area is 123 Å². The van der Waals surface area contributed by atoms with Crippen molar-refractivity contribution in [1.82, 2.24) is 15.0 Å². The summed E-state index contributed by atoms with van der Waals surface area (Å²) in [7, 11) is 3.96. The predicted molar refractivity (Wildman–Crippen MR) is 83.8 cm³/mol. The first-order valence-electron chi connectivity index (χ1n) is 7.23. The molecule has 108 valence electrons. The number of nitrogens with one attached hydrogen (secondary N) is 1. The summed E-state index contributed by atoms with van der Waals surface area (Å²) in [5, 5.41) is 3.51. The van der Waals surface area contributed by atoms with E-state index in [1.54, 1.807) is 0 Å². The fraction of sp³-hybridized carbons (Fsp3) is 0.400. The van der Waals surface area contributed by atoms with Crippen molar-refractivity contribution in [2.24, 2.45) is 0 Å². The molecule has 2 aliphatic rings. The maximum absolute atomic E-state index is 4.68. The number of rotatable bonds is 2. The van der Waals surface area contributed by atoms with Gasteiger partial charge in [-0.25, -0.2) is 15.0 Å². The Kier molecular flexibility index (Phi) is 2.70. The lowest BCUT2D eigenvalue weighted by Crippen LogP contribution is -2.32. The van der Waals surface area contributed by atoms with Crippen LogP contribution in [0.4, 0.5) is 17.3 Å². The van der Waals surface area contributed by atoms with Gasteiger partial charge >= 0.3 is 0 Å². The van der Waals surface area contributed by atoms with Crippen molar-refractivity contribution >= 4 is 17.3 Å². The average Bonchev–Trinajstić information content (AvgIpc) is 2.89. The van der Waals surface area contributed by atoms with Crippen molar-refractivity contribution < 1.29 is 0 Å². The molecule has 0 saturated carbocycles. The molecule has 1 N–H and O–H groups in total. The monoisotopic (exact) mass is 282 g/mol. The molecule has 0 spiro atoms. The molecule has 0 amide bonds. The summed E-state index contributed by atoms with van der Waals surface area (Å²) in [6, 6.07) is 4.52. The number of anilines is 3. The van der Waals surface area contributed by atoms with Crippen molar-refractivity contribution in [3.05, 3.63) is 24.5 Å². The van der Waals surface area contributed by atoms with E-state index < -0.39 is 0 Å². The van der Waals surface area contributed by atoms with Crippen LogP contribution >= 0.6 is 0 Å². The topological polar surface area (TPSA) is 57.2 Å². The van der Waals surface area contributed by atoms with Crippen LogP contribution in [0.25, 0.3) is 11.4 Å². The van der Waals surface area contributed by atoms with E-state index in [1.165, 1.54) is 6.42 Å². The van der Waals surface area contributed by atoms with Gasteiger partial charge in [0.1, 0.15) is 5.82 Å². The molecule has 2 aromatic heterocycles. The average molecular weight is 282 g/mol. The zero-order chi connectivity index (χ0) is 14.4. The van der Waals surface area contributed by atoms with Gasteiger partial charge in [-0.05, 0) is 18.6 Å². The maximum atomic E-state index is 4.68. The van der Waals surface area contributed by atoms with Gasteiger partial charge in [-0.2, -0.15) is 0 Å². The number of hydrogen-bond acceptors (Lipinski definition) is 6. The summed E-state index contributed by atoms with van der Waals surface area (Å²) in [6.45, 7) is 2.15. The third kappa shape index (κ3) is 2.07. The lowest BCUT2D eigenvalue weighted by Gasteiger charge is -2.27. The summed E-state index contributed by atoms with van der Waals surface area (Å²) in [6.07, 6.45) is 4.92. The molecular formula is C15H18N6. The molecule has 6 nitrogen and oxygen atoms in total. The normalized spacial score (nSPS) is 19.1. The van der Waals surface area contributed by atoms with Crippen LogP contribution in [-0.2, 0) is 0 Å². The predicted octanol–water partition coefficient (Wildman–Crippen LogP) is 1.61. The van der Waals surface area contributed by atoms with Crippen LogP contribution in [0.3, 0.4) is 0 Å². The number of pyridine rings is 1. The highest BCUT2D eigenvalue weighted by molar-refractivity contribution is 5.72. The standard InChI is InChI=1S/C15H18N6/c1-20(2)13-4-3-10(7-16-13)14-17-8-12-15(19-14)18-11-5-6-21(12)9-11/h3-4,7-8,11H,5-6,9H2,1-2H3,(H,17,18,19)/t11-/m0/s1. The largest absolute Gasteiger partial charge is 0.365 e. The van der Waals surface area contributed by atoms with Gasteiger partial charge in [0.15, 0.2) is 11.6 Å². The highest BCUT2D eigenvalue weighted by atomic mass is 15.3. The van der Waals surface area contributed by atoms with Gasteiger partial charge in [-0.1, -0.05) is 0 Å². The molecule has 0 aliphatic carbocycles. The Hall–Kier alpha value is -2.37. The van der Waals surface area contributed by atoms with E-state index in [2.05, 4.69) is 25.2 Å². The number of fused-ring (bicyclic) bond motifs is 4. The molecular weight excluding hydrogens is 264 g/mol. The van der Waals surface area contributed by atoms with E-state index in [1.807, 2.05) is 43.5 Å². The van der Waals surface area contributed by atoms with Gasteiger partial charge in [-0.3, -0.25) is 0 Å². The van der Waals surface area contributed by atoms with Crippen molar-refractivity contribution in [1.29, 1.82) is 0 Å². The fourth-order valence-electron chi connectivity index (χ4n) is 2.93. The van der Waals surface area contributed by atoms with E-state index in [0.717, 1.165) is 41.8 Å². The molecule has 0 unspecified atom stereocenters. The third-order valence-corrected chi connectivity index (χ3v) is 4.10. The first kappa shape index (κ1) is 12.4. The maximum Gasteiger partial charge on any atom is 0.163 e.